The van der Waals surface area contributed by atoms with Gasteiger partial charge in [-0.2, -0.15) is 0 Å². The molecular weight excluding hydrogens is 578 g/mol. The maximum Gasteiger partial charge on any atom is 0.341 e. The predicted molar refractivity (Wildman–Crippen MR) is 169 cm³/mol. The molecule has 6 rings (SSSR count). The number of aryl methyl sites for hydroxylation is 4. The number of anilines is 1. The van der Waals surface area contributed by atoms with Crippen LogP contribution >= 0.6 is 11.3 Å². The average Bonchev–Trinajstić information content (AvgIpc) is 3.39. The minimum atomic E-state index is -0.576. The van der Waals surface area contributed by atoms with Gasteiger partial charge in [0.1, 0.15) is 27.5 Å². The number of fused-ring (bicyclic) bond motifs is 3. The van der Waals surface area contributed by atoms with Crippen LogP contribution in [0.15, 0.2) is 53.5 Å². The van der Waals surface area contributed by atoms with Gasteiger partial charge in [0.05, 0.1) is 30.2 Å². The summed E-state index contributed by atoms with van der Waals surface area (Å²) in [4.78, 5) is 46.6. The monoisotopic (exact) mass is 611 g/mol. The highest BCUT2D eigenvalue weighted by Gasteiger charge is 2.28. The number of methoxy groups -OCH3 is 1. The first kappa shape index (κ1) is 29.3. The summed E-state index contributed by atoms with van der Waals surface area (Å²) < 4.78 is 13.7. The molecule has 0 bridgehead atoms. The lowest BCUT2D eigenvalue weighted by Gasteiger charge is -2.16. The Morgan fingerprint density at radius 1 is 1.11 bits per heavy atom. The molecule has 226 valence electrons. The fraction of sp³-hybridized carbons (Fsp3) is 0.303. The largest absolute Gasteiger partial charge is 0.497 e. The molecule has 4 heterocycles. The Balaban J connectivity index is 1.47. The maximum atomic E-state index is 13.9. The Morgan fingerprint density at radius 2 is 1.89 bits per heavy atom. The van der Waals surface area contributed by atoms with E-state index in [9.17, 15) is 14.4 Å². The van der Waals surface area contributed by atoms with Crippen molar-refractivity contribution in [1.29, 1.82) is 5.41 Å². The molecule has 10 nitrogen and oxygen atoms in total. The lowest BCUT2D eigenvalue weighted by molar-refractivity contribution is 0.0526. The molecule has 1 amide bonds. The topological polar surface area (TPSA) is 128 Å². The number of esters is 1. The molecule has 11 heteroatoms. The van der Waals surface area contributed by atoms with Crippen molar-refractivity contribution in [2.45, 2.75) is 52.5 Å². The highest BCUT2D eigenvalue weighted by molar-refractivity contribution is 7.17. The number of rotatable bonds is 8. The van der Waals surface area contributed by atoms with Gasteiger partial charge < -0.3 is 19.4 Å². The number of carbonyl (C=O) groups excluding carboxylic acids is 2. The fourth-order valence-electron chi connectivity index (χ4n) is 5.76. The number of carbonyl (C=O) groups is 2. The number of pyridine rings is 2. The van der Waals surface area contributed by atoms with E-state index in [1.807, 2.05) is 37.3 Å². The molecule has 1 aliphatic carbocycles. The zero-order chi connectivity index (χ0) is 31.0. The maximum absolute atomic E-state index is 13.9. The number of aromatic nitrogens is 3. The van der Waals surface area contributed by atoms with E-state index in [0.29, 0.717) is 34.8 Å². The molecule has 0 saturated heterocycles. The van der Waals surface area contributed by atoms with E-state index < -0.39 is 11.9 Å². The molecule has 0 fully saturated rings. The minimum absolute atomic E-state index is 0.0138. The summed E-state index contributed by atoms with van der Waals surface area (Å²) in [7, 11) is 1.61. The third-order valence-corrected chi connectivity index (χ3v) is 9.25. The summed E-state index contributed by atoms with van der Waals surface area (Å²) in [6, 6.07) is 12.7. The summed E-state index contributed by atoms with van der Waals surface area (Å²) in [5.74, 6) is -0.306. The molecule has 1 aromatic carbocycles. The summed E-state index contributed by atoms with van der Waals surface area (Å²) in [5, 5.41) is 12.7. The molecule has 0 unspecified atom stereocenters. The van der Waals surface area contributed by atoms with Gasteiger partial charge in [0.25, 0.3) is 11.5 Å². The Labute approximate surface area is 257 Å². The lowest BCUT2D eigenvalue weighted by atomic mass is 9.95. The number of nitrogens with zero attached hydrogens (tertiary/aromatic N) is 3. The van der Waals surface area contributed by atoms with Crippen LogP contribution in [0.1, 0.15) is 62.0 Å². The second-order valence-electron chi connectivity index (χ2n) is 10.8. The molecule has 1 aliphatic rings. The molecule has 0 aliphatic heterocycles. The summed E-state index contributed by atoms with van der Waals surface area (Å²) in [5.41, 5.74) is 3.56. The van der Waals surface area contributed by atoms with Gasteiger partial charge in [-0.05, 0) is 86.9 Å². The predicted octanol–water partition coefficient (Wildman–Crippen LogP) is 5.06. The number of thiophene rings is 1. The number of benzene rings is 1. The smallest absolute Gasteiger partial charge is 0.341 e. The Morgan fingerprint density at radius 3 is 2.64 bits per heavy atom. The number of ether oxygens (including phenoxy) is 2. The Bertz CT molecular complexity index is 2040. The Hall–Kier alpha value is -4.77. The summed E-state index contributed by atoms with van der Waals surface area (Å²) in [6.07, 6.45) is 5.74. The quantitative estimate of drug-likeness (QED) is 0.187. The van der Waals surface area contributed by atoms with Crippen molar-refractivity contribution in [3.8, 4) is 5.75 Å². The first-order valence-electron chi connectivity index (χ1n) is 14.7. The van der Waals surface area contributed by atoms with Gasteiger partial charge >= 0.3 is 5.97 Å². The van der Waals surface area contributed by atoms with Crippen molar-refractivity contribution in [2.24, 2.45) is 0 Å². The highest BCUT2D eigenvalue weighted by atomic mass is 32.1. The molecule has 4 aromatic heterocycles. The van der Waals surface area contributed by atoms with Crippen molar-refractivity contribution in [2.75, 3.05) is 19.0 Å². The second-order valence-corrected chi connectivity index (χ2v) is 11.9. The highest BCUT2D eigenvalue weighted by Crippen LogP contribution is 2.38. The number of amides is 1. The van der Waals surface area contributed by atoms with Crippen molar-refractivity contribution >= 4 is 44.9 Å². The van der Waals surface area contributed by atoms with Crippen molar-refractivity contribution in [3.63, 3.8) is 0 Å². The van der Waals surface area contributed by atoms with E-state index in [0.717, 1.165) is 53.0 Å². The molecule has 0 atom stereocenters. The minimum Gasteiger partial charge on any atom is -0.497 e. The van der Waals surface area contributed by atoms with Gasteiger partial charge in [-0.1, -0.05) is 18.2 Å². The molecule has 0 saturated carbocycles. The molecular formula is C33H33N5O5S. The second kappa shape index (κ2) is 12.1. The number of hydrogen-bond donors (Lipinski definition) is 2. The number of nitrogens with one attached hydrogen (secondary N) is 2. The summed E-state index contributed by atoms with van der Waals surface area (Å²) in [6.45, 7) is 4.15. The van der Waals surface area contributed by atoms with Crippen LogP contribution in [0.4, 0.5) is 5.00 Å². The Kier molecular flexibility index (Phi) is 8.05. The van der Waals surface area contributed by atoms with E-state index in [4.69, 9.17) is 19.9 Å². The zero-order valence-electron chi connectivity index (χ0n) is 24.9. The molecule has 0 spiro atoms. The molecule has 44 heavy (non-hydrogen) atoms. The molecule has 2 N–H and O–H groups in total. The van der Waals surface area contributed by atoms with Gasteiger partial charge in [-0.3, -0.25) is 19.4 Å². The first-order valence-corrected chi connectivity index (χ1v) is 15.5. The van der Waals surface area contributed by atoms with Gasteiger partial charge in [0.15, 0.2) is 0 Å². The molecule has 0 radical (unpaired) electrons. The van der Waals surface area contributed by atoms with E-state index >= 15 is 0 Å². The van der Waals surface area contributed by atoms with Crippen LogP contribution < -0.4 is 21.1 Å². The fourth-order valence-corrected chi connectivity index (χ4v) is 7.04. The summed E-state index contributed by atoms with van der Waals surface area (Å²) >= 11 is 1.38. The van der Waals surface area contributed by atoms with Gasteiger partial charge in [0, 0.05) is 17.6 Å². The van der Waals surface area contributed by atoms with Crippen LogP contribution in [-0.2, 0) is 30.5 Å². The van der Waals surface area contributed by atoms with E-state index in [1.165, 1.54) is 21.8 Å². The van der Waals surface area contributed by atoms with Crippen LogP contribution in [0.2, 0.25) is 0 Å². The number of hydrogen-bond acceptors (Lipinski definition) is 8. The SMILES string of the molecule is CCOC(=O)c1c(NC(=O)c2cc3c(=O)n4cccc(C)c4nc3n(CCc3ccc(OC)cc3)c2=N)sc2c1CCCC2. The first-order chi connectivity index (χ1) is 21.3. The van der Waals surface area contributed by atoms with Crippen molar-refractivity contribution < 1.29 is 19.1 Å². The van der Waals surface area contributed by atoms with Crippen LogP contribution in [0.3, 0.4) is 0 Å². The van der Waals surface area contributed by atoms with Crippen molar-refractivity contribution in [1.82, 2.24) is 14.0 Å². The van der Waals surface area contributed by atoms with Gasteiger partial charge in [-0.25, -0.2) is 9.78 Å². The van der Waals surface area contributed by atoms with Crippen molar-refractivity contribution in [3.05, 3.63) is 97.2 Å². The van der Waals surface area contributed by atoms with Gasteiger partial charge in [-0.15, -0.1) is 11.3 Å². The van der Waals surface area contributed by atoms with E-state index in [1.54, 1.807) is 30.9 Å². The van der Waals surface area contributed by atoms with E-state index in [2.05, 4.69) is 5.32 Å². The zero-order valence-corrected chi connectivity index (χ0v) is 25.7. The third-order valence-electron chi connectivity index (χ3n) is 8.04. The normalized spacial score (nSPS) is 12.7. The van der Waals surface area contributed by atoms with Crippen LogP contribution in [0, 0.1) is 12.3 Å². The third kappa shape index (κ3) is 5.28. The average molecular weight is 612 g/mol. The molecule has 5 aromatic rings. The lowest BCUT2D eigenvalue weighted by Crippen LogP contribution is -2.32. The van der Waals surface area contributed by atoms with Crippen LogP contribution in [0.5, 0.6) is 5.75 Å². The van der Waals surface area contributed by atoms with Crippen LogP contribution in [0.25, 0.3) is 16.7 Å². The van der Waals surface area contributed by atoms with Gasteiger partial charge in [0.2, 0.25) is 0 Å². The standard InChI is InChI=1S/C33H33N5O5S/c1-4-43-33(41)26-22-9-5-6-10-25(22)44-31(26)36-30(39)23-18-24-29(35-28-19(2)8-7-16-38(28)32(24)40)37(27(23)34)17-15-20-11-13-21(42-3)14-12-20/h7-8,11-14,16,18,34H,4-6,9-10,15,17H2,1-3H3,(H,36,39). The van der Waals surface area contributed by atoms with Crippen LogP contribution in [-0.4, -0.2) is 39.5 Å². The van der Waals surface area contributed by atoms with E-state index in [-0.39, 0.29) is 28.6 Å².